The Labute approximate surface area is 203 Å². The monoisotopic (exact) mass is 493 g/mol. The smallest absolute Gasteiger partial charge is 0.342 e. The fourth-order valence-electron chi connectivity index (χ4n) is 6.70. The standard InChI is InChI=1S/C26H40NO6P/c1-16(2)32-25(29)17(3)27-34(30,15-31-5)33-19-7-9-20-18(14-19)6-8-22-21(20)12-13-26(4)23(22)10-11-24(26)28/h7,9,14,16-17,21-24,28H,6,8,10-13,15H2,1-5H3,(H,27,30)/t17-,21-,22+,23+,24-,26-,34?/m0/s1. The largest absolute Gasteiger partial charge is 0.462 e. The molecule has 4 rings (SSSR count). The van der Waals surface area contributed by atoms with Crippen LogP contribution in [0.15, 0.2) is 18.2 Å². The van der Waals surface area contributed by atoms with Crippen LogP contribution in [0.25, 0.3) is 0 Å². The highest BCUT2D eigenvalue weighted by molar-refractivity contribution is 7.57. The lowest BCUT2D eigenvalue weighted by molar-refractivity contribution is -0.149. The fourth-order valence-corrected chi connectivity index (χ4v) is 8.37. The normalized spacial score (nSPS) is 32.8. The average molecular weight is 494 g/mol. The van der Waals surface area contributed by atoms with Gasteiger partial charge in [-0.25, -0.2) is 5.09 Å². The molecule has 0 bridgehead atoms. The van der Waals surface area contributed by atoms with Crippen LogP contribution < -0.4 is 9.61 Å². The number of hydrogen-bond donors (Lipinski definition) is 2. The van der Waals surface area contributed by atoms with Crippen LogP contribution in [-0.2, 0) is 25.3 Å². The van der Waals surface area contributed by atoms with Crippen LogP contribution >= 0.6 is 7.52 Å². The first-order valence-corrected chi connectivity index (χ1v) is 14.4. The first-order chi connectivity index (χ1) is 16.1. The molecule has 0 radical (unpaired) electrons. The number of ether oxygens (including phenoxy) is 2. The van der Waals surface area contributed by atoms with Crippen molar-refractivity contribution in [2.45, 2.75) is 90.4 Å². The molecule has 3 aliphatic rings. The second-order valence-electron chi connectivity index (χ2n) is 10.9. The summed E-state index contributed by atoms with van der Waals surface area (Å²) in [7, 11) is -2.03. The molecule has 0 saturated heterocycles. The Kier molecular flexibility index (Phi) is 7.50. The maximum Gasteiger partial charge on any atom is 0.342 e. The molecule has 7 atom stereocenters. The summed E-state index contributed by atoms with van der Waals surface area (Å²) >= 11 is 0. The Morgan fingerprint density at radius 3 is 2.71 bits per heavy atom. The molecule has 7 nitrogen and oxygen atoms in total. The summed E-state index contributed by atoms with van der Waals surface area (Å²) in [5, 5.41) is 13.4. The molecule has 190 valence electrons. The van der Waals surface area contributed by atoms with Crippen LogP contribution in [0.4, 0.5) is 0 Å². The van der Waals surface area contributed by atoms with Gasteiger partial charge in [-0.3, -0.25) is 9.36 Å². The highest BCUT2D eigenvalue weighted by Crippen LogP contribution is 2.61. The van der Waals surface area contributed by atoms with Gasteiger partial charge in [-0.1, -0.05) is 13.0 Å². The zero-order chi connectivity index (χ0) is 24.7. The Balaban J connectivity index is 1.49. The van der Waals surface area contributed by atoms with Crippen molar-refractivity contribution in [3.8, 4) is 5.75 Å². The van der Waals surface area contributed by atoms with E-state index in [1.165, 1.54) is 18.2 Å². The van der Waals surface area contributed by atoms with Gasteiger partial charge in [0.15, 0.2) is 0 Å². The minimum Gasteiger partial charge on any atom is -0.462 e. The summed E-state index contributed by atoms with van der Waals surface area (Å²) in [6.45, 7) is 7.45. The molecule has 1 unspecified atom stereocenters. The van der Waals surface area contributed by atoms with Crippen molar-refractivity contribution in [1.29, 1.82) is 0 Å². The number of fused-ring (bicyclic) bond motifs is 5. The lowest BCUT2D eigenvalue weighted by Gasteiger charge is -2.50. The molecule has 8 heteroatoms. The van der Waals surface area contributed by atoms with Gasteiger partial charge >= 0.3 is 13.5 Å². The molecular weight excluding hydrogens is 453 g/mol. The number of aliphatic hydroxyl groups is 1. The molecule has 0 aromatic heterocycles. The number of esters is 1. The van der Waals surface area contributed by atoms with E-state index < -0.39 is 19.5 Å². The van der Waals surface area contributed by atoms with E-state index in [0.29, 0.717) is 23.5 Å². The lowest BCUT2D eigenvalue weighted by Crippen LogP contribution is -2.43. The first-order valence-electron chi connectivity index (χ1n) is 12.6. The zero-order valence-electron chi connectivity index (χ0n) is 21.1. The van der Waals surface area contributed by atoms with E-state index in [-0.39, 0.29) is 24.0 Å². The molecule has 2 saturated carbocycles. The summed E-state index contributed by atoms with van der Waals surface area (Å²) in [6, 6.07) is 5.23. The minimum atomic E-state index is -3.49. The number of carbonyl (C=O) groups excluding carboxylic acids is 1. The van der Waals surface area contributed by atoms with Gasteiger partial charge in [-0.05, 0) is 106 Å². The summed E-state index contributed by atoms with van der Waals surface area (Å²) in [6.07, 6.45) is 5.70. The first kappa shape index (κ1) is 25.7. The number of nitrogens with one attached hydrogen (secondary N) is 1. The van der Waals surface area contributed by atoms with E-state index in [9.17, 15) is 14.5 Å². The van der Waals surface area contributed by atoms with Crippen molar-refractivity contribution in [3.05, 3.63) is 29.3 Å². The van der Waals surface area contributed by atoms with Crippen LogP contribution in [0.3, 0.4) is 0 Å². The number of aliphatic hydroxyl groups excluding tert-OH is 1. The Morgan fingerprint density at radius 1 is 1.24 bits per heavy atom. The highest BCUT2D eigenvalue weighted by atomic mass is 31.2. The van der Waals surface area contributed by atoms with Gasteiger partial charge in [-0.15, -0.1) is 0 Å². The molecule has 1 aromatic rings. The van der Waals surface area contributed by atoms with Crippen molar-refractivity contribution in [2.24, 2.45) is 17.3 Å². The number of carbonyl (C=O) groups is 1. The molecular formula is C26H40NO6P. The predicted molar refractivity (Wildman–Crippen MR) is 131 cm³/mol. The number of aryl methyl sites for hydroxylation is 1. The molecule has 0 amide bonds. The average Bonchev–Trinajstić information content (AvgIpc) is 3.07. The summed E-state index contributed by atoms with van der Waals surface area (Å²) in [5.74, 6) is 1.75. The van der Waals surface area contributed by atoms with Crippen molar-refractivity contribution in [2.75, 3.05) is 13.5 Å². The van der Waals surface area contributed by atoms with Crippen molar-refractivity contribution in [3.63, 3.8) is 0 Å². The minimum absolute atomic E-state index is 0.0631. The number of rotatable bonds is 8. The number of hydrogen-bond acceptors (Lipinski definition) is 6. The maximum atomic E-state index is 13.5. The third kappa shape index (κ3) is 4.95. The van der Waals surface area contributed by atoms with E-state index in [1.807, 2.05) is 12.1 Å². The SMILES string of the molecule is COCP(=O)(N[C@@H](C)C(=O)OC(C)C)Oc1ccc2c(c1)CC[C@H]1[C@H]3CC[C@H](O)[C@@]3(C)CC[C@@H]21. The molecule has 0 heterocycles. The topological polar surface area (TPSA) is 94.1 Å². The second-order valence-corrected chi connectivity index (χ2v) is 13.0. The summed E-state index contributed by atoms with van der Waals surface area (Å²) in [5.41, 5.74) is 2.68. The lowest BCUT2D eigenvalue weighted by atomic mass is 9.55. The molecule has 1 aromatic carbocycles. The predicted octanol–water partition coefficient (Wildman–Crippen LogP) is 5.01. The van der Waals surface area contributed by atoms with Gasteiger partial charge in [0.25, 0.3) is 0 Å². The molecule has 0 aliphatic heterocycles. The Bertz CT molecular complexity index is 951. The van der Waals surface area contributed by atoms with Gasteiger partial charge in [0, 0.05) is 7.11 Å². The zero-order valence-corrected chi connectivity index (χ0v) is 22.0. The molecule has 2 fully saturated rings. The summed E-state index contributed by atoms with van der Waals surface area (Å²) in [4.78, 5) is 12.2. The van der Waals surface area contributed by atoms with Crippen LogP contribution in [0.1, 0.15) is 76.8 Å². The van der Waals surface area contributed by atoms with E-state index in [1.54, 1.807) is 20.8 Å². The van der Waals surface area contributed by atoms with E-state index >= 15 is 0 Å². The molecule has 0 spiro atoms. The highest BCUT2D eigenvalue weighted by Gasteiger charge is 2.54. The number of methoxy groups -OCH3 is 1. The van der Waals surface area contributed by atoms with Crippen molar-refractivity contribution < 1.29 is 28.5 Å². The van der Waals surface area contributed by atoms with Gasteiger partial charge in [0.2, 0.25) is 0 Å². The van der Waals surface area contributed by atoms with Crippen LogP contribution in [0, 0.1) is 17.3 Å². The van der Waals surface area contributed by atoms with Crippen LogP contribution in [0.5, 0.6) is 5.75 Å². The Hall–Kier alpha value is -1.40. The molecule has 3 aliphatic carbocycles. The van der Waals surface area contributed by atoms with Crippen LogP contribution in [-0.4, -0.2) is 42.8 Å². The van der Waals surface area contributed by atoms with E-state index in [0.717, 1.165) is 38.5 Å². The van der Waals surface area contributed by atoms with Crippen LogP contribution in [0.2, 0.25) is 0 Å². The maximum absolute atomic E-state index is 13.5. The van der Waals surface area contributed by atoms with Crippen molar-refractivity contribution >= 4 is 13.5 Å². The van der Waals surface area contributed by atoms with Gasteiger partial charge in [-0.2, -0.15) is 0 Å². The van der Waals surface area contributed by atoms with E-state index in [2.05, 4.69) is 18.1 Å². The number of benzene rings is 1. The molecule has 2 N–H and O–H groups in total. The third-order valence-electron chi connectivity index (χ3n) is 8.30. The second kappa shape index (κ2) is 9.93. The molecule has 34 heavy (non-hydrogen) atoms. The van der Waals surface area contributed by atoms with Gasteiger partial charge in [0.05, 0.1) is 12.2 Å². The third-order valence-corrected chi connectivity index (χ3v) is 10.2. The van der Waals surface area contributed by atoms with Gasteiger partial charge in [0.1, 0.15) is 18.1 Å². The van der Waals surface area contributed by atoms with Crippen molar-refractivity contribution in [1.82, 2.24) is 5.09 Å². The fraction of sp³-hybridized carbons (Fsp3) is 0.731. The summed E-state index contributed by atoms with van der Waals surface area (Å²) < 4.78 is 29.8. The van der Waals surface area contributed by atoms with E-state index in [4.69, 9.17) is 14.0 Å². The van der Waals surface area contributed by atoms with Gasteiger partial charge < -0.3 is 19.1 Å². The Morgan fingerprint density at radius 2 is 2.00 bits per heavy atom. The quantitative estimate of drug-likeness (QED) is 0.388.